The molecule has 2 N–H and O–H groups in total. The van der Waals surface area contributed by atoms with Crippen LogP contribution in [-0.4, -0.2) is 127 Å². The topological polar surface area (TPSA) is 116 Å². The molecule has 0 rings (SSSR count). The van der Waals surface area contributed by atoms with Gasteiger partial charge in [-0.05, 0) is 20.8 Å². The van der Waals surface area contributed by atoms with Gasteiger partial charge in [0.25, 0.3) is 6.47 Å². The Morgan fingerprint density at radius 1 is 0.625 bits per heavy atom. The first kappa shape index (κ1) is 109. The molecule has 0 atom stereocenters. The number of carbonyl (C=O) groups excluding carboxylic acids is 2. The minimum absolute atomic E-state index is 0. The Balaban J connectivity index is -0.0000000240. The second-order valence-corrected chi connectivity index (χ2v) is 45.0. The van der Waals surface area contributed by atoms with Gasteiger partial charge in [-0.15, -0.1) is 17.0 Å². The van der Waals surface area contributed by atoms with Crippen molar-refractivity contribution in [3.05, 3.63) is 0 Å². The predicted octanol–water partition coefficient (Wildman–Crippen LogP) is -6.22. The van der Waals surface area contributed by atoms with Crippen LogP contribution in [0, 0.1) is 0 Å². The van der Waals surface area contributed by atoms with Crippen molar-refractivity contribution in [2.45, 2.75) is 27.7 Å². The van der Waals surface area contributed by atoms with Gasteiger partial charge in [0.15, 0.2) is 0 Å². The van der Waals surface area contributed by atoms with Gasteiger partial charge in [-0.2, -0.15) is 0 Å². The number of rotatable bonds is 2. The maximum atomic E-state index is 8.81. The zero-order valence-corrected chi connectivity index (χ0v) is 70.2. The van der Waals surface area contributed by atoms with Gasteiger partial charge in [-0.3, -0.25) is 4.79 Å². The van der Waals surface area contributed by atoms with Gasteiger partial charge in [0.05, 0.1) is 0 Å². The second kappa shape index (κ2) is 165. The van der Waals surface area contributed by atoms with Crippen molar-refractivity contribution in [1.29, 1.82) is 0 Å². The minimum Gasteiger partial charge on any atom is 1.00 e. The van der Waals surface area contributed by atoms with Crippen LogP contribution in [0.15, 0.2) is 0 Å². The Kier molecular flexibility index (Phi) is 322. The summed E-state index contributed by atoms with van der Waals surface area (Å²) in [4.78, 5) is 20.1. The van der Waals surface area contributed by atoms with Crippen LogP contribution in [0.5, 0.6) is 0 Å². The quantitative estimate of drug-likeness (QED) is 0.0899. The summed E-state index contributed by atoms with van der Waals surface area (Å²) in [6, 6.07) is 0. The first-order valence-corrected chi connectivity index (χ1v) is 63.9. The minimum atomic E-state index is -0.181. The van der Waals surface area contributed by atoms with Crippen LogP contribution in [0.4, 0.5) is 0 Å². The molecule has 56 heavy (non-hydrogen) atoms. The maximum Gasteiger partial charge on any atom is 1.00 e. The van der Waals surface area contributed by atoms with Gasteiger partial charge < -0.3 is 31.3 Å². The number of aliphatic hydroxyl groups is 2. The molecule has 3 radical (unpaired) electrons. The first-order valence-electron chi connectivity index (χ1n) is 10.8. The van der Waals surface area contributed by atoms with Crippen molar-refractivity contribution in [2.75, 3.05) is 32.8 Å². The van der Waals surface area contributed by atoms with E-state index >= 15 is 0 Å². The van der Waals surface area contributed by atoms with Crippen molar-refractivity contribution in [3.63, 3.8) is 0 Å². The van der Waals surface area contributed by atoms with Crippen LogP contribution in [0.25, 0.3) is 0 Å². The smallest absolute Gasteiger partial charge is 1.00 e. The molecule has 0 spiro atoms. The van der Waals surface area contributed by atoms with Crippen molar-refractivity contribution < 1.29 is 117 Å². The number of aliphatic hydroxyl groups excluding tert-OH is 2. The van der Waals surface area contributed by atoms with Gasteiger partial charge in [-0.25, -0.2) is 0 Å². The third kappa shape index (κ3) is 253. The molecule has 0 bridgehead atoms. The second-order valence-electron chi connectivity index (χ2n) is 3.15. The molecule has 45 heteroatoms. The number of ether oxygens (including phenoxy) is 1. The largest absolute Gasteiger partial charge is 1.00 e. The Morgan fingerprint density at radius 2 is 0.732 bits per heavy atom. The molecule has 0 aromatic rings. The monoisotopic (exact) mass is 1570 g/mol. The van der Waals surface area contributed by atoms with E-state index in [1.165, 1.54) is 141 Å². The van der Waals surface area contributed by atoms with Crippen LogP contribution in [0.3, 0.4) is 0 Å². The fraction of sp³-hybridized carbons (Fsp3) is 0.818. The van der Waals surface area contributed by atoms with E-state index in [-0.39, 0.29) is 121 Å². The van der Waals surface area contributed by atoms with E-state index in [0.717, 1.165) is 25.3 Å². The summed E-state index contributed by atoms with van der Waals surface area (Å²) in [6.45, 7) is 8.01. The van der Waals surface area contributed by atoms with E-state index in [0.29, 0.717) is 0 Å². The SMILES string of the molecule is Br.CC=O.CCBr.CCO.CCOC.CO.O=CO[O-].S=S=S=S.S=S=S=S=S=S=S=S.S=S=S=S=S=S=S=S=S.S=S=S=S=S=S=S=S=S=S.[B].[H-].[K+].[K][K].[Na+]. The first-order chi connectivity index (χ1) is 25.2. The molecular formula is C11H30BBr2K3NaO7S31. The van der Waals surface area contributed by atoms with Crippen LogP contribution in [0.2, 0.25) is 0 Å². The Bertz CT molecular complexity index is 1640. The zero-order valence-electron chi connectivity index (χ0n) is 31.2. The normalized spacial score (nSPS) is 5.61. The Hall–Kier alpha value is 12.7. The van der Waals surface area contributed by atoms with Crippen LogP contribution < -0.4 is 86.2 Å². The third-order valence-corrected chi connectivity index (χ3v) is 43.1. The fourth-order valence-corrected chi connectivity index (χ4v) is 41.3. The van der Waals surface area contributed by atoms with Gasteiger partial charge in [0, 0.05) is 335 Å². The number of alkyl halides is 1. The summed E-state index contributed by atoms with van der Waals surface area (Å²) in [5.74, 6) is 0. The molecule has 7 nitrogen and oxygen atoms in total. The van der Waals surface area contributed by atoms with Crippen molar-refractivity contribution >= 4 is 411 Å². The molecule has 0 aliphatic carbocycles. The molecule has 0 amide bonds. The molecule has 0 saturated carbocycles. The average molecular weight is 1580 g/mol. The Labute approximate surface area is 570 Å². The molecule has 0 aromatic carbocycles. The summed E-state index contributed by atoms with van der Waals surface area (Å²) < 4.78 is 4.54. The Morgan fingerprint density at radius 3 is 0.786 bits per heavy atom. The molecule has 0 heterocycles. The fourth-order valence-electron chi connectivity index (χ4n) is 0.170. The molecule has 0 saturated heterocycles. The average Bonchev–Trinajstić information content (AvgIpc) is 3.18. The molecule has 323 valence electrons. The van der Waals surface area contributed by atoms with Gasteiger partial charge in [0.1, 0.15) is 6.29 Å². The maximum absolute atomic E-state index is 8.81. The van der Waals surface area contributed by atoms with Gasteiger partial charge in [0.2, 0.25) is 0 Å². The van der Waals surface area contributed by atoms with E-state index in [2.05, 4.69) is 115 Å². The molecule has 0 aliphatic rings. The zero-order chi connectivity index (χ0) is 43.2. The summed E-state index contributed by atoms with van der Waals surface area (Å²) >= 11 is 42.1. The molecule has 0 unspecified atom stereocenters. The van der Waals surface area contributed by atoms with Crippen LogP contribution >= 0.6 is 32.9 Å². The van der Waals surface area contributed by atoms with E-state index < -0.39 is 0 Å². The molecule has 0 aliphatic heterocycles. The molecule has 0 fully saturated rings. The van der Waals surface area contributed by atoms with E-state index in [4.69, 9.17) is 25.1 Å². The van der Waals surface area contributed by atoms with Gasteiger partial charge >= 0.3 is 144 Å². The number of carbonyl (C=O) groups is 2. The van der Waals surface area contributed by atoms with Crippen molar-refractivity contribution in [2.24, 2.45) is 0 Å². The van der Waals surface area contributed by atoms with Crippen molar-refractivity contribution in [1.82, 2.24) is 0 Å². The number of hydrogen-bond donors (Lipinski definition) is 2. The number of methoxy groups -OCH3 is 1. The third-order valence-electron chi connectivity index (χ3n) is 0.856. The predicted molar refractivity (Wildman–Crippen MR) is 334 cm³/mol. The molecular weight excluding hydrogens is 1550 g/mol. The van der Waals surface area contributed by atoms with E-state index in [1.807, 2.05) is 13.8 Å². The molecule has 0 aromatic heterocycles. The van der Waals surface area contributed by atoms with E-state index in [1.54, 1.807) is 147 Å². The van der Waals surface area contributed by atoms with Gasteiger partial charge in [-0.1, -0.05) is 22.9 Å². The summed E-state index contributed by atoms with van der Waals surface area (Å²) in [5.41, 5.74) is 0. The number of hydrogen-bond acceptors (Lipinski definition) is 15. The summed E-state index contributed by atoms with van der Waals surface area (Å²) in [7, 11) is 37.7. The van der Waals surface area contributed by atoms with Crippen LogP contribution in [0.1, 0.15) is 29.1 Å². The van der Waals surface area contributed by atoms with Crippen molar-refractivity contribution in [3.8, 4) is 0 Å². The summed E-state index contributed by atoms with van der Waals surface area (Å²) in [5, 5.41) is 24.1. The number of halogens is 2. The summed E-state index contributed by atoms with van der Waals surface area (Å²) in [6.07, 6.45) is 0.750. The standard InChI is InChI=1S/C3H8O.C2H5Br.C2H6O.C2H4O.CH2O3.CH4O.B.BrH.3K.Na.S10.S9.S8.S4.H/c1-3-4-2;3*1-2-3;2-1-4-3;1-2;;;;;;;1-3-5-7-9-10-8-6-4-2;1-3-5-7-9-8-6-4-2;1-3-5-7-8-6-4-2;1-3-4-2;/h3H2,1-2H3;2H2,1H3;3H,2H2,1H3;2H,1H3;1,3H;2H,1H3;;1H;;;;;;;;;/q;;;;;;;;;;2*+1;;;;;-1/p-1. The van der Waals surface area contributed by atoms with E-state index in [9.17, 15) is 0 Å². The number of aldehydes is 1. The van der Waals surface area contributed by atoms with Crippen LogP contribution in [-0.2, 0) is 313 Å².